The Kier molecular flexibility index (Phi) is 4.78. The number of nitrogens with zero attached hydrogens (tertiary/aromatic N) is 4. The van der Waals surface area contributed by atoms with E-state index in [1.807, 2.05) is 54.9 Å². The number of fused-ring (bicyclic) bond motifs is 3. The summed E-state index contributed by atoms with van der Waals surface area (Å²) in [6, 6.07) is 13.8. The molecule has 1 aromatic carbocycles. The molecule has 3 heterocycles. The third kappa shape index (κ3) is 3.25. The molecule has 5 nitrogen and oxygen atoms in total. The molecule has 0 bridgehead atoms. The van der Waals surface area contributed by atoms with Gasteiger partial charge in [-0.25, -0.2) is 4.98 Å². The first-order valence-electron chi connectivity index (χ1n) is 9.13. The normalized spacial score (nSPS) is 11.3. The van der Waals surface area contributed by atoms with Crippen molar-refractivity contribution in [2.75, 3.05) is 6.61 Å². The van der Waals surface area contributed by atoms with Gasteiger partial charge in [0.2, 0.25) is 0 Å². The van der Waals surface area contributed by atoms with E-state index in [0.29, 0.717) is 6.61 Å². The van der Waals surface area contributed by atoms with Gasteiger partial charge in [-0.2, -0.15) is 0 Å². The van der Waals surface area contributed by atoms with Gasteiger partial charge in [-0.1, -0.05) is 31.5 Å². The van der Waals surface area contributed by atoms with Crippen molar-refractivity contribution in [3.8, 4) is 5.75 Å². The van der Waals surface area contributed by atoms with Crippen molar-refractivity contribution in [3.63, 3.8) is 0 Å². The molecule has 26 heavy (non-hydrogen) atoms. The lowest BCUT2D eigenvalue weighted by Crippen LogP contribution is -2.11. The van der Waals surface area contributed by atoms with Crippen molar-refractivity contribution in [1.29, 1.82) is 0 Å². The summed E-state index contributed by atoms with van der Waals surface area (Å²) in [4.78, 5) is 13.9. The highest BCUT2D eigenvalue weighted by Crippen LogP contribution is 2.24. The minimum absolute atomic E-state index is 0.589. The highest BCUT2D eigenvalue weighted by atomic mass is 16.5. The number of benzene rings is 1. The number of unbranched alkanes of at least 4 members (excludes halogenated alkanes) is 1. The zero-order valence-electron chi connectivity index (χ0n) is 14.9. The molecule has 0 spiro atoms. The minimum Gasteiger partial charge on any atom is -0.492 e. The van der Waals surface area contributed by atoms with E-state index in [0.717, 1.165) is 59.4 Å². The summed E-state index contributed by atoms with van der Waals surface area (Å²) in [6.07, 6.45) is 6.86. The molecule has 132 valence electrons. The van der Waals surface area contributed by atoms with Crippen LogP contribution in [0.3, 0.4) is 0 Å². The van der Waals surface area contributed by atoms with E-state index >= 15 is 0 Å². The zero-order chi connectivity index (χ0) is 17.8. The molecule has 0 radical (unpaired) electrons. The van der Waals surface area contributed by atoms with E-state index in [4.69, 9.17) is 9.72 Å². The highest BCUT2D eigenvalue weighted by Gasteiger charge is 2.14. The Morgan fingerprint density at radius 3 is 2.73 bits per heavy atom. The maximum absolute atomic E-state index is 5.92. The lowest BCUT2D eigenvalue weighted by atomic mass is 10.2. The molecule has 0 aliphatic rings. The van der Waals surface area contributed by atoms with Gasteiger partial charge in [-0.05, 0) is 30.7 Å². The van der Waals surface area contributed by atoms with Crippen LogP contribution in [-0.4, -0.2) is 26.1 Å². The monoisotopic (exact) mass is 346 g/mol. The Morgan fingerprint density at radius 2 is 1.88 bits per heavy atom. The third-order valence-corrected chi connectivity index (χ3v) is 4.49. The summed E-state index contributed by atoms with van der Waals surface area (Å²) in [6.45, 7) is 3.52. The van der Waals surface area contributed by atoms with Gasteiger partial charge in [-0.15, -0.1) is 0 Å². The second kappa shape index (κ2) is 7.52. The lowest BCUT2D eigenvalue weighted by molar-refractivity contribution is 0.298. The average Bonchev–Trinajstić information content (AvgIpc) is 3.05. The molecule has 0 saturated heterocycles. The van der Waals surface area contributed by atoms with Crippen molar-refractivity contribution < 1.29 is 4.74 Å². The van der Waals surface area contributed by atoms with Crippen LogP contribution in [0.2, 0.25) is 0 Å². The molecular weight excluding hydrogens is 324 g/mol. The van der Waals surface area contributed by atoms with Gasteiger partial charge in [0.25, 0.3) is 0 Å². The second-order valence-electron chi connectivity index (χ2n) is 6.31. The van der Waals surface area contributed by atoms with Gasteiger partial charge in [-0.3, -0.25) is 9.97 Å². The number of aryl methyl sites for hydroxylation is 1. The number of pyridine rings is 2. The molecule has 0 unspecified atom stereocenters. The third-order valence-electron chi connectivity index (χ3n) is 4.49. The number of aromatic nitrogens is 4. The van der Waals surface area contributed by atoms with Crippen molar-refractivity contribution in [1.82, 2.24) is 19.5 Å². The summed E-state index contributed by atoms with van der Waals surface area (Å²) in [5, 5.41) is 0. The first-order valence-corrected chi connectivity index (χ1v) is 9.13. The fourth-order valence-corrected chi connectivity index (χ4v) is 3.21. The van der Waals surface area contributed by atoms with Crippen LogP contribution in [0.25, 0.3) is 22.1 Å². The number of hydrogen-bond acceptors (Lipinski definition) is 4. The Morgan fingerprint density at radius 1 is 1.00 bits per heavy atom. The van der Waals surface area contributed by atoms with Crippen LogP contribution in [-0.2, 0) is 13.0 Å². The van der Waals surface area contributed by atoms with E-state index < -0.39 is 0 Å². The molecule has 5 heteroatoms. The number of hydrogen-bond donors (Lipinski definition) is 0. The van der Waals surface area contributed by atoms with Crippen LogP contribution in [0.4, 0.5) is 0 Å². The smallest absolute Gasteiger partial charge is 0.119 e. The largest absolute Gasteiger partial charge is 0.492 e. The molecule has 0 aliphatic heterocycles. The molecule has 3 aromatic heterocycles. The van der Waals surface area contributed by atoms with Gasteiger partial charge >= 0.3 is 0 Å². The molecule has 0 saturated carbocycles. The van der Waals surface area contributed by atoms with Gasteiger partial charge in [0.1, 0.15) is 29.2 Å². The molecule has 4 aromatic rings. The van der Waals surface area contributed by atoms with Crippen LogP contribution >= 0.6 is 0 Å². The van der Waals surface area contributed by atoms with Crippen LogP contribution in [0, 0.1) is 0 Å². The van der Waals surface area contributed by atoms with E-state index in [1.165, 1.54) is 0 Å². The summed E-state index contributed by atoms with van der Waals surface area (Å²) in [5.41, 5.74) is 3.76. The van der Waals surface area contributed by atoms with Crippen LogP contribution in [0.15, 0.2) is 54.9 Å². The standard InChI is InChI=1S/C21H22N4O/c1-2-3-11-19-24-18-15-23-17-10-7-12-22-20(17)21(18)25(19)13-14-26-16-8-5-4-6-9-16/h4-10,12,15H,2-3,11,13-14H2,1H3. The average molecular weight is 346 g/mol. The predicted molar refractivity (Wildman–Crippen MR) is 103 cm³/mol. The number of ether oxygens (including phenoxy) is 1. The van der Waals surface area contributed by atoms with E-state index in [9.17, 15) is 0 Å². The maximum Gasteiger partial charge on any atom is 0.119 e. The Bertz CT molecular complexity index is 1010. The first-order chi connectivity index (χ1) is 12.9. The van der Waals surface area contributed by atoms with Gasteiger partial charge < -0.3 is 9.30 Å². The highest BCUT2D eigenvalue weighted by molar-refractivity contribution is 5.99. The van der Waals surface area contributed by atoms with Gasteiger partial charge in [0.05, 0.1) is 23.8 Å². The Balaban J connectivity index is 1.70. The predicted octanol–water partition coefficient (Wildman–Crippen LogP) is 4.40. The zero-order valence-corrected chi connectivity index (χ0v) is 14.9. The lowest BCUT2D eigenvalue weighted by Gasteiger charge is -2.11. The molecule has 0 aliphatic carbocycles. The van der Waals surface area contributed by atoms with E-state index in [1.54, 1.807) is 0 Å². The van der Waals surface area contributed by atoms with Crippen molar-refractivity contribution in [2.45, 2.75) is 32.7 Å². The van der Waals surface area contributed by atoms with Gasteiger partial charge in [0.15, 0.2) is 0 Å². The van der Waals surface area contributed by atoms with Crippen molar-refractivity contribution in [2.24, 2.45) is 0 Å². The Labute approximate surface area is 152 Å². The summed E-state index contributed by atoms with van der Waals surface area (Å²) < 4.78 is 8.17. The summed E-state index contributed by atoms with van der Waals surface area (Å²) in [7, 11) is 0. The molecule has 0 amide bonds. The fraction of sp³-hybridized carbons (Fsp3) is 0.286. The van der Waals surface area contributed by atoms with Crippen molar-refractivity contribution in [3.05, 3.63) is 60.7 Å². The molecule has 0 fully saturated rings. The fourth-order valence-electron chi connectivity index (χ4n) is 3.21. The summed E-state index contributed by atoms with van der Waals surface area (Å²) >= 11 is 0. The summed E-state index contributed by atoms with van der Waals surface area (Å²) in [5.74, 6) is 1.97. The number of imidazole rings is 1. The molecule has 4 rings (SSSR count). The molecule has 0 atom stereocenters. The van der Waals surface area contributed by atoms with Crippen LogP contribution in [0.5, 0.6) is 5.75 Å². The second-order valence-corrected chi connectivity index (χ2v) is 6.31. The SMILES string of the molecule is CCCCc1nc2cnc3cccnc3c2n1CCOc1ccccc1. The van der Waals surface area contributed by atoms with Crippen LogP contribution < -0.4 is 4.74 Å². The topological polar surface area (TPSA) is 52.8 Å². The quantitative estimate of drug-likeness (QED) is 0.498. The van der Waals surface area contributed by atoms with Gasteiger partial charge in [0, 0.05) is 12.6 Å². The first kappa shape index (κ1) is 16.5. The van der Waals surface area contributed by atoms with E-state index in [-0.39, 0.29) is 0 Å². The van der Waals surface area contributed by atoms with E-state index in [2.05, 4.69) is 21.5 Å². The number of rotatable bonds is 7. The Hall–Kier alpha value is -2.95. The maximum atomic E-state index is 5.92. The minimum atomic E-state index is 0.589. The van der Waals surface area contributed by atoms with Crippen LogP contribution in [0.1, 0.15) is 25.6 Å². The molecular formula is C21H22N4O. The molecule has 0 N–H and O–H groups in total. The van der Waals surface area contributed by atoms with Crippen molar-refractivity contribution >= 4 is 22.1 Å². The number of para-hydroxylation sites is 1.